The second kappa shape index (κ2) is 4.84. The van der Waals surface area contributed by atoms with Crippen molar-refractivity contribution < 1.29 is 23.8 Å². The molecule has 0 bridgehead atoms. The maximum atomic E-state index is 14.2. The van der Waals surface area contributed by atoms with Gasteiger partial charge >= 0.3 is 5.97 Å². The zero-order valence-electron chi connectivity index (χ0n) is 10.3. The van der Waals surface area contributed by atoms with Gasteiger partial charge in [-0.1, -0.05) is 0 Å². The highest BCUT2D eigenvalue weighted by atomic mass is 19.1. The van der Waals surface area contributed by atoms with Gasteiger partial charge < -0.3 is 14.6 Å². The van der Waals surface area contributed by atoms with Crippen LogP contribution < -0.4 is 9.47 Å². The predicted octanol–water partition coefficient (Wildman–Crippen LogP) is 2.03. The largest absolute Gasteiger partial charge is 0.493 e. The van der Waals surface area contributed by atoms with E-state index in [0.29, 0.717) is 36.1 Å². The number of methoxy groups -OCH3 is 2. The van der Waals surface area contributed by atoms with Crippen LogP contribution in [0.4, 0.5) is 4.39 Å². The van der Waals surface area contributed by atoms with Crippen molar-refractivity contribution >= 4 is 5.97 Å². The van der Waals surface area contributed by atoms with E-state index in [4.69, 9.17) is 14.6 Å². The number of carbonyl (C=O) groups is 1. The Morgan fingerprint density at radius 1 is 1.44 bits per heavy atom. The summed E-state index contributed by atoms with van der Waals surface area (Å²) in [6.07, 6.45) is 1.20. The molecule has 1 aliphatic rings. The van der Waals surface area contributed by atoms with E-state index >= 15 is 0 Å². The smallest absolute Gasteiger partial charge is 0.306 e. The number of rotatable bonds is 3. The Kier molecular flexibility index (Phi) is 3.41. The molecule has 0 aliphatic heterocycles. The molecule has 0 saturated heterocycles. The Morgan fingerprint density at radius 2 is 2.17 bits per heavy atom. The average molecular weight is 254 g/mol. The van der Waals surface area contributed by atoms with Gasteiger partial charge in [-0.2, -0.15) is 0 Å². The number of halogens is 1. The second-order valence-electron chi connectivity index (χ2n) is 4.34. The third-order valence-corrected chi connectivity index (χ3v) is 3.36. The quantitative estimate of drug-likeness (QED) is 0.896. The minimum absolute atomic E-state index is 0.0880. The third kappa shape index (κ3) is 2.00. The van der Waals surface area contributed by atoms with Gasteiger partial charge in [0.2, 0.25) is 0 Å². The van der Waals surface area contributed by atoms with Crippen LogP contribution in [0.1, 0.15) is 17.5 Å². The Bertz CT molecular complexity index is 484. The molecule has 1 aliphatic carbocycles. The standard InChI is InChI=1S/C13H15FO4/c1-17-10-6-8-5-7(13(15)16)3-4-9(8)11(14)12(10)18-2/h6-7H,3-5H2,1-2H3,(H,15,16)/t7-/m1/s1. The van der Waals surface area contributed by atoms with Crippen LogP contribution in [0.2, 0.25) is 0 Å². The lowest BCUT2D eigenvalue weighted by atomic mass is 9.83. The number of hydrogen-bond acceptors (Lipinski definition) is 3. The summed E-state index contributed by atoms with van der Waals surface area (Å²) >= 11 is 0. The SMILES string of the molecule is COc1cc2c(c(F)c1OC)CC[C@@H](C(=O)O)C2. The third-order valence-electron chi connectivity index (χ3n) is 3.36. The van der Waals surface area contributed by atoms with Gasteiger partial charge in [0.25, 0.3) is 0 Å². The first-order valence-corrected chi connectivity index (χ1v) is 5.73. The molecular weight excluding hydrogens is 239 g/mol. The molecule has 0 amide bonds. The summed E-state index contributed by atoms with van der Waals surface area (Å²) < 4.78 is 24.2. The van der Waals surface area contributed by atoms with Crippen LogP contribution in [0.25, 0.3) is 0 Å². The van der Waals surface area contributed by atoms with Crippen LogP contribution in [-0.2, 0) is 17.6 Å². The Morgan fingerprint density at radius 3 is 2.72 bits per heavy atom. The molecular formula is C13H15FO4. The number of hydrogen-bond donors (Lipinski definition) is 1. The molecule has 0 saturated carbocycles. The maximum Gasteiger partial charge on any atom is 0.306 e. The highest BCUT2D eigenvalue weighted by Gasteiger charge is 2.29. The first kappa shape index (κ1) is 12.7. The van der Waals surface area contributed by atoms with E-state index in [1.165, 1.54) is 14.2 Å². The molecule has 0 heterocycles. The Balaban J connectivity index is 2.46. The highest BCUT2D eigenvalue weighted by Crippen LogP contribution is 2.38. The van der Waals surface area contributed by atoms with Gasteiger partial charge in [0.15, 0.2) is 17.3 Å². The lowest BCUT2D eigenvalue weighted by molar-refractivity contribution is -0.142. The summed E-state index contributed by atoms with van der Waals surface area (Å²) in [5, 5.41) is 9.01. The van der Waals surface area contributed by atoms with Gasteiger partial charge in [-0.25, -0.2) is 4.39 Å². The first-order chi connectivity index (χ1) is 8.58. The van der Waals surface area contributed by atoms with E-state index in [1.807, 2.05) is 0 Å². The van der Waals surface area contributed by atoms with Crippen molar-refractivity contribution in [3.05, 3.63) is 23.0 Å². The highest BCUT2D eigenvalue weighted by molar-refractivity contribution is 5.71. The summed E-state index contributed by atoms with van der Waals surface area (Å²) in [6.45, 7) is 0. The molecule has 1 N–H and O–H groups in total. The van der Waals surface area contributed by atoms with Crippen molar-refractivity contribution in [2.75, 3.05) is 14.2 Å². The molecule has 1 atom stereocenters. The molecule has 0 aromatic heterocycles. The molecule has 1 aromatic carbocycles. The summed E-state index contributed by atoms with van der Waals surface area (Å²) in [5.41, 5.74) is 1.24. The van der Waals surface area contributed by atoms with Crippen LogP contribution in [0.15, 0.2) is 6.07 Å². The van der Waals surface area contributed by atoms with Crippen LogP contribution in [0.3, 0.4) is 0 Å². The first-order valence-electron chi connectivity index (χ1n) is 5.73. The van der Waals surface area contributed by atoms with Crippen LogP contribution in [0, 0.1) is 11.7 Å². The van der Waals surface area contributed by atoms with E-state index in [0.717, 1.165) is 0 Å². The fourth-order valence-corrected chi connectivity index (χ4v) is 2.39. The van der Waals surface area contributed by atoms with Crippen molar-refractivity contribution in [2.24, 2.45) is 5.92 Å². The fraction of sp³-hybridized carbons (Fsp3) is 0.462. The van der Waals surface area contributed by atoms with E-state index in [9.17, 15) is 9.18 Å². The maximum absolute atomic E-state index is 14.2. The summed E-state index contributed by atoms with van der Waals surface area (Å²) in [6, 6.07) is 1.67. The van der Waals surface area contributed by atoms with Crippen LogP contribution in [0.5, 0.6) is 11.5 Å². The Hall–Kier alpha value is -1.78. The van der Waals surface area contributed by atoms with Crippen LogP contribution >= 0.6 is 0 Å². The molecule has 4 nitrogen and oxygen atoms in total. The normalized spacial score (nSPS) is 18.1. The lowest BCUT2D eigenvalue weighted by Gasteiger charge is -2.23. The second-order valence-corrected chi connectivity index (χ2v) is 4.34. The minimum atomic E-state index is -0.837. The molecule has 1 aromatic rings. The van der Waals surface area contributed by atoms with Gasteiger partial charge in [0.1, 0.15) is 0 Å². The fourth-order valence-electron chi connectivity index (χ4n) is 2.39. The molecule has 5 heteroatoms. The summed E-state index contributed by atoms with van der Waals surface area (Å²) in [7, 11) is 2.82. The predicted molar refractivity (Wildman–Crippen MR) is 62.7 cm³/mol. The number of aliphatic carboxylic acids is 1. The van der Waals surface area contributed by atoms with Gasteiger partial charge in [0.05, 0.1) is 20.1 Å². The van der Waals surface area contributed by atoms with E-state index in [1.54, 1.807) is 6.07 Å². The van der Waals surface area contributed by atoms with E-state index in [2.05, 4.69) is 0 Å². The van der Waals surface area contributed by atoms with Gasteiger partial charge in [0, 0.05) is 0 Å². The number of ether oxygens (including phenoxy) is 2. The lowest BCUT2D eigenvalue weighted by Crippen LogP contribution is -2.23. The summed E-state index contributed by atoms with van der Waals surface area (Å²) in [5.74, 6) is -1.33. The van der Waals surface area contributed by atoms with Crippen molar-refractivity contribution in [2.45, 2.75) is 19.3 Å². The van der Waals surface area contributed by atoms with Crippen molar-refractivity contribution in [3.63, 3.8) is 0 Å². The zero-order chi connectivity index (χ0) is 13.3. The van der Waals surface area contributed by atoms with Gasteiger partial charge in [-0.15, -0.1) is 0 Å². The minimum Gasteiger partial charge on any atom is -0.493 e. The topological polar surface area (TPSA) is 55.8 Å². The molecule has 98 valence electrons. The summed E-state index contributed by atoms with van der Waals surface area (Å²) in [4.78, 5) is 11.0. The monoisotopic (exact) mass is 254 g/mol. The average Bonchev–Trinajstić information content (AvgIpc) is 2.37. The number of benzene rings is 1. The molecule has 0 unspecified atom stereocenters. The zero-order valence-corrected chi connectivity index (χ0v) is 10.3. The molecule has 0 spiro atoms. The van der Waals surface area contributed by atoms with E-state index in [-0.39, 0.29) is 5.75 Å². The van der Waals surface area contributed by atoms with Crippen molar-refractivity contribution in [1.29, 1.82) is 0 Å². The molecule has 18 heavy (non-hydrogen) atoms. The van der Waals surface area contributed by atoms with Gasteiger partial charge in [-0.05, 0) is 36.5 Å². The molecule has 2 rings (SSSR count). The number of fused-ring (bicyclic) bond motifs is 1. The number of carboxylic acid groups (broad SMARTS) is 1. The molecule has 0 radical (unpaired) electrons. The Labute approximate surface area is 104 Å². The molecule has 0 fully saturated rings. The van der Waals surface area contributed by atoms with Crippen molar-refractivity contribution in [1.82, 2.24) is 0 Å². The number of carboxylic acids is 1. The van der Waals surface area contributed by atoms with Crippen molar-refractivity contribution in [3.8, 4) is 11.5 Å². The van der Waals surface area contributed by atoms with Crippen LogP contribution in [-0.4, -0.2) is 25.3 Å². The van der Waals surface area contributed by atoms with E-state index < -0.39 is 17.7 Å². The van der Waals surface area contributed by atoms with Gasteiger partial charge in [-0.3, -0.25) is 4.79 Å².